The quantitative estimate of drug-likeness (QED) is 0.158. The maximum absolute atomic E-state index is 14.3. The average Bonchev–Trinajstić information content (AvgIpc) is 3.37. The fourth-order valence-electron chi connectivity index (χ4n) is 7.44. The molecule has 0 saturated carbocycles. The molecular weight excluding hydrogens is 657 g/mol. The van der Waals surface area contributed by atoms with Crippen LogP contribution in [0.2, 0.25) is 0 Å². The minimum atomic E-state index is -0.00623. The van der Waals surface area contributed by atoms with E-state index in [1.165, 1.54) is 0 Å². The van der Waals surface area contributed by atoms with Crippen LogP contribution in [-0.4, -0.2) is 0 Å². The molecule has 3 heteroatoms. The summed E-state index contributed by atoms with van der Waals surface area (Å²) >= 11 is 0. The Hall–Kier alpha value is -7.23. The number of rotatable bonds is 8. The number of anilines is 6. The Morgan fingerprint density at radius 2 is 0.611 bits per heavy atom. The van der Waals surface area contributed by atoms with Crippen LogP contribution in [0.5, 0.6) is 0 Å². The van der Waals surface area contributed by atoms with Gasteiger partial charge in [-0.2, -0.15) is 0 Å². The number of nitrogens with zero attached hydrogens (tertiary/aromatic N) is 2. The van der Waals surface area contributed by atoms with Gasteiger partial charge >= 0.3 is 0 Å². The van der Waals surface area contributed by atoms with Gasteiger partial charge in [0.1, 0.15) is 0 Å². The van der Waals surface area contributed by atoms with Crippen molar-refractivity contribution >= 4 is 55.7 Å². The monoisotopic (exact) mass is 692 g/mol. The highest BCUT2D eigenvalue weighted by molar-refractivity contribution is 6.11. The van der Waals surface area contributed by atoms with E-state index in [-0.39, 0.29) is 5.43 Å². The molecule has 0 aromatic heterocycles. The summed E-state index contributed by atoms with van der Waals surface area (Å²) in [5.74, 6) is 0. The smallest absolute Gasteiger partial charge is 0.187 e. The SMILES string of the molecule is O=c1cc(-c2ccc(N(c3ccccc3)c3ccccc3)cc2)c2ccccc2c2ccc(-c3ccc(N(c4ccccc4)c4ccccc4)cc3)cc12. The molecule has 0 radical (unpaired) electrons. The first-order chi connectivity index (χ1) is 26.7. The number of hydrogen-bond donors (Lipinski definition) is 0. The summed E-state index contributed by atoms with van der Waals surface area (Å²) in [6.07, 6.45) is 0. The van der Waals surface area contributed by atoms with Crippen LogP contribution in [0.4, 0.5) is 34.1 Å². The molecule has 0 unspecified atom stereocenters. The lowest BCUT2D eigenvalue weighted by atomic mass is 9.98. The minimum Gasteiger partial charge on any atom is -0.311 e. The van der Waals surface area contributed by atoms with E-state index in [2.05, 4.69) is 192 Å². The van der Waals surface area contributed by atoms with Crippen molar-refractivity contribution in [2.45, 2.75) is 0 Å². The Labute approximate surface area is 315 Å². The van der Waals surface area contributed by atoms with Crippen molar-refractivity contribution in [3.63, 3.8) is 0 Å². The summed E-state index contributed by atoms with van der Waals surface area (Å²) in [6, 6.07) is 75.1. The second kappa shape index (κ2) is 14.4. The molecule has 0 aliphatic heterocycles. The Morgan fingerprint density at radius 3 is 1.07 bits per heavy atom. The van der Waals surface area contributed by atoms with Crippen molar-refractivity contribution in [3.05, 3.63) is 229 Å². The number of hydrogen-bond acceptors (Lipinski definition) is 3. The van der Waals surface area contributed by atoms with Gasteiger partial charge in [-0.25, -0.2) is 0 Å². The lowest BCUT2D eigenvalue weighted by Gasteiger charge is -2.25. The highest BCUT2D eigenvalue weighted by Gasteiger charge is 2.15. The molecule has 0 saturated heterocycles. The van der Waals surface area contributed by atoms with Gasteiger partial charge in [0.2, 0.25) is 0 Å². The fourth-order valence-corrected chi connectivity index (χ4v) is 7.44. The van der Waals surface area contributed by atoms with E-state index in [1.54, 1.807) is 0 Å². The molecule has 0 N–H and O–H groups in total. The minimum absolute atomic E-state index is 0.00623. The van der Waals surface area contributed by atoms with E-state index in [0.29, 0.717) is 5.39 Å². The van der Waals surface area contributed by atoms with Crippen LogP contribution in [0.25, 0.3) is 43.8 Å². The van der Waals surface area contributed by atoms with E-state index < -0.39 is 0 Å². The molecule has 0 fully saturated rings. The van der Waals surface area contributed by atoms with Gasteiger partial charge in [-0.15, -0.1) is 0 Å². The average molecular weight is 693 g/mol. The molecule has 0 spiro atoms. The van der Waals surface area contributed by atoms with Crippen LogP contribution in [0, 0.1) is 0 Å². The molecular formula is C51H36N2O. The molecule has 0 atom stereocenters. The van der Waals surface area contributed by atoms with Crippen molar-refractivity contribution in [2.24, 2.45) is 0 Å². The zero-order valence-corrected chi connectivity index (χ0v) is 29.6. The third-order valence-electron chi connectivity index (χ3n) is 10.0. The molecule has 0 aliphatic carbocycles. The van der Waals surface area contributed by atoms with Crippen molar-refractivity contribution in [1.82, 2.24) is 0 Å². The Kier molecular flexibility index (Phi) is 8.72. The van der Waals surface area contributed by atoms with Gasteiger partial charge in [-0.1, -0.05) is 133 Å². The van der Waals surface area contributed by atoms with Gasteiger partial charge < -0.3 is 9.80 Å². The maximum Gasteiger partial charge on any atom is 0.187 e. The van der Waals surface area contributed by atoms with E-state index in [0.717, 1.165) is 72.5 Å². The summed E-state index contributed by atoms with van der Waals surface area (Å²) < 4.78 is 0. The Morgan fingerprint density at radius 1 is 0.259 bits per heavy atom. The van der Waals surface area contributed by atoms with E-state index in [9.17, 15) is 4.79 Å². The van der Waals surface area contributed by atoms with Crippen molar-refractivity contribution in [3.8, 4) is 22.3 Å². The summed E-state index contributed by atoms with van der Waals surface area (Å²) in [5, 5.41) is 3.73. The lowest BCUT2D eigenvalue weighted by molar-refractivity contribution is 1.28. The molecule has 0 heterocycles. The Bertz CT molecular complexity index is 2670. The third kappa shape index (κ3) is 6.29. The first-order valence-corrected chi connectivity index (χ1v) is 18.2. The first kappa shape index (κ1) is 32.7. The highest BCUT2D eigenvalue weighted by Crippen LogP contribution is 2.39. The van der Waals surface area contributed by atoms with Crippen molar-refractivity contribution < 1.29 is 0 Å². The highest BCUT2D eigenvalue weighted by atomic mass is 16.1. The van der Waals surface area contributed by atoms with Crippen LogP contribution in [0.15, 0.2) is 223 Å². The molecule has 0 amide bonds. The first-order valence-electron chi connectivity index (χ1n) is 18.2. The van der Waals surface area contributed by atoms with Gasteiger partial charge in [0.25, 0.3) is 0 Å². The molecule has 3 nitrogen and oxygen atoms in total. The van der Waals surface area contributed by atoms with Crippen LogP contribution in [0.1, 0.15) is 0 Å². The molecule has 0 aliphatic rings. The third-order valence-corrected chi connectivity index (χ3v) is 10.0. The second-order valence-corrected chi connectivity index (χ2v) is 13.3. The van der Waals surface area contributed by atoms with E-state index >= 15 is 0 Å². The largest absolute Gasteiger partial charge is 0.311 e. The lowest BCUT2D eigenvalue weighted by Crippen LogP contribution is -2.09. The zero-order chi connectivity index (χ0) is 36.3. The Balaban J connectivity index is 1.11. The molecule has 0 bridgehead atoms. The fraction of sp³-hybridized carbons (Fsp3) is 0. The molecule has 256 valence electrons. The predicted molar refractivity (Wildman–Crippen MR) is 228 cm³/mol. The molecule has 54 heavy (non-hydrogen) atoms. The van der Waals surface area contributed by atoms with Crippen LogP contribution >= 0.6 is 0 Å². The molecule has 9 rings (SSSR count). The summed E-state index contributed by atoms with van der Waals surface area (Å²) in [4.78, 5) is 18.7. The van der Waals surface area contributed by atoms with Gasteiger partial charge in [0.05, 0.1) is 0 Å². The standard InChI is InChI=1S/C51H36N2O/c54-51-36-49(38-27-32-45(33-28-38)53(42-19-9-3-10-20-42)43-21-11-4-12-22-43)47-24-14-13-23-46(47)48-34-29-39(35-50(48)51)37-25-30-44(31-26-37)52(40-15-5-1-6-16-40)41-17-7-2-8-18-41/h1-36H. The van der Waals surface area contributed by atoms with Crippen LogP contribution < -0.4 is 15.2 Å². The zero-order valence-electron chi connectivity index (χ0n) is 29.6. The van der Waals surface area contributed by atoms with Gasteiger partial charge in [-0.3, -0.25) is 4.79 Å². The van der Waals surface area contributed by atoms with Crippen LogP contribution in [0.3, 0.4) is 0 Å². The van der Waals surface area contributed by atoms with Gasteiger partial charge in [0, 0.05) is 39.5 Å². The number of para-hydroxylation sites is 4. The van der Waals surface area contributed by atoms with Crippen molar-refractivity contribution in [2.75, 3.05) is 9.80 Å². The second-order valence-electron chi connectivity index (χ2n) is 13.3. The predicted octanol–water partition coefficient (Wildman–Crippen LogP) is 13.6. The van der Waals surface area contributed by atoms with Gasteiger partial charge in [-0.05, 0) is 123 Å². The summed E-state index contributed by atoms with van der Waals surface area (Å²) in [7, 11) is 0. The number of benzene rings is 8. The van der Waals surface area contributed by atoms with E-state index in [4.69, 9.17) is 0 Å². The topological polar surface area (TPSA) is 23.6 Å². The normalized spacial score (nSPS) is 11.0. The summed E-state index contributed by atoms with van der Waals surface area (Å²) in [6.45, 7) is 0. The van der Waals surface area contributed by atoms with Gasteiger partial charge in [0.15, 0.2) is 5.43 Å². The van der Waals surface area contributed by atoms with Crippen LogP contribution in [-0.2, 0) is 0 Å². The number of fused-ring (bicyclic) bond motifs is 3. The van der Waals surface area contributed by atoms with Crippen molar-refractivity contribution in [1.29, 1.82) is 0 Å². The molecule has 9 aromatic carbocycles. The maximum atomic E-state index is 14.3. The molecule has 9 aromatic rings. The summed E-state index contributed by atoms with van der Waals surface area (Å²) in [5.41, 5.74) is 10.4. The van der Waals surface area contributed by atoms with E-state index in [1.807, 2.05) is 36.4 Å².